The number of benzene rings is 2. The summed E-state index contributed by atoms with van der Waals surface area (Å²) in [7, 11) is -2.75. The summed E-state index contributed by atoms with van der Waals surface area (Å²) in [5.74, 6) is 0.913. The van der Waals surface area contributed by atoms with Gasteiger partial charge in [0, 0.05) is 52.0 Å². The molecule has 0 spiro atoms. The van der Waals surface area contributed by atoms with Crippen LogP contribution in [0.15, 0.2) is 68.9 Å². The van der Waals surface area contributed by atoms with Gasteiger partial charge in [0.05, 0.1) is 16.3 Å². The van der Waals surface area contributed by atoms with Crippen molar-refractivity contribution in [3.05, 3.63) is 92.4 Å². The first-order valence-electron chi connectivity index (χ1n) is 10.2. The standard InChI is InChI=1S/C23H23N3O5S/c1-2-32(24,29)21-7-3-16(4-8-21)14-31-23-15-30-20(10-22(23)27)13-26-11-17-5-6-19(25-28)9-18(17)12-26/h3-10,15,24H,2,11-14H2,1H3/p+1. The van der Waals surface area contributed by atoms with Crippen molar-refractivity contribution in [1.82, 2.24) is 4.90 Å². The molecule has 2 heterocycles. The van der Waals surface area contributed by atoms with Crippen LogP contribution in [0.4, 0.5) is 5.69 Å². The Morgan fingerprint density at radius 2 is 1.88 bits per heavy atom. The Hall–Kier alpha value is -3.30. The van der Waals surface area contributed by atoms with Gasteiger partial charge in [0.1, 0.15) is 18.6 Å². The van der Waals surface area contributed by atoms with E-state index in [9.17, 15) is 13.9 Å². The predicted molar refractivity (Wildman–Crippen MR) is 119 cm³/mol. The van der Waals surface area contributed by atoms with Crippen molar-refractivity contribution in [3.63, 3.8) is 0 Å². The second kappa shape index (κ2) is 9.05. The number of rotatable bonds is 8. The Balaban J connectivity index is 1.37. The van der Waals surface area contributed by atoms with E-state index in [1.54, 1.807) is 37.3 Å². The molecule has 0 amide bonds. The van der Waals surface area contributed by atoms with Crippen LogP contribution >= 0.6 is 0 Å². The maximum Gasteiger partial charge on any atom is 0.253 e. The number of fused-ring (bicyclic) bond motifs is 1. The maximum atomic E-state index is 12.5. The molecule has 9 heteroatoms. The number of nitrogens with one attached hydrogen (secondary N) is 2. The maximum absolute atomic E-state index is 12.5. The number of ether oxygens (including phenoxy) is 1. The van der Waals surface area contributed by atoms with Crippen LogP contribution in [-0.4, -0.2) is 14.9 Å². The summed E-state index contributed by atoms with van der Waals surface area (Å²) in [6.45, 7) is 3.74. The van der Waals surface area contributed by atoms with Gasteiger partial charge in [-0.25, -0.2) is 8.99 Å². The minimum absolute atomic E-state index is 0.117. The molecule has 2 N–H and O–H groups in total. The Morgan fingerprint density at radius 3 is 2.56 bits per heavy atom. The van der Waals surface area contributed by atoms with Crippen molar-refractivity contribution < 1.29 is 18.5 Å². The third kappa shape index (κ3) is 4.79. The number of nitrogens with zero attached hydrogens (tertiary/aromatic N) is 1. The molecular formula is C23H24N3O5S+. The van der Waals surface area contributed by atoms with Crippen molar-refractivity contribution >= 4 is 15.4 Å². The van der Waals surface area contributed by atoms with Crippen LogP contribution in [0.1, 0.15) is 29.4 Å². The Bertz CT molecular complexity index is 1300. The predicted octanol–water partition coefficient (Wildman–Crippen LogP) is 2.64. The largest absolute Gasteiger partial charge is 0.482 e. The third-order valence-corrected chi connectivity index (χ3v) is 7.30. The van der Waals surface area contributed by atoms with E-state index < -0.39 is 9.73 Å². The van der Waals surface area contributed by atoms with Crippen LogP contribution in [0, 0.1) is 9.69 Å². The fraction of sp³-hybridized carbons (Fsp3) is 0.261. The lowest BCUT2D eigenvalue weighted by Gasteiger charge is -2.14. The van der Waals surface area contributed by atoms with E-state index in [-0.39, 0.29) is 23.5 Å². The topological polar surface area (TPSA) is 115 Å². The van der Waals surface area contributed by atoms with Gasteiger partial charge in [-0.1, -0.05) is 25.1 Å². The summed E-state index contributed by atoms with van der Waals surface area (Å²) < 4.78 is 31.2. The van der Waals surface area contributed by atoms with Gasteiger partial charge >= 0.3 is 0 Å². The Labute approximate surface area is 185 Å². The van der Waals surface area contributed by atoms with Crippen molar-refractivity contribution in [2.24, 2.45) is 0 Å². The zero-order valence-corrected chi connectivity index (χ0v) is 18.4. The van der Waals surface area contributed by atoms with E-state index in [0.29, 0.717) is 29.4 Å². The first-order valence-corrected chi connectivity index (χ1v) is 11.9. The molecular weight excluding hydrogens is 430 g/mol. The number of hydrogen-bond acceptors (Lipinski definition) is 7. The molecule has 3 aromatic rings. The lowest BCUT2D eigenvalue weighted by molar-refractivity contribution is -0.379. The van der Waals surface area contributed by atoms with Gasteiger partial charge in [0.2, 0.25) is 11.2 Å². The molecule has 2 aromatic carbocycles. The summed E-state index contributed by atoms with van der Waals surface area (Å²) in [4.78, 5) is 25.9. The first kappa shape index (κ1) is 21.9. The molecule has 0 radical (unpaired) electrons. The average Bonchev–Trinajstić information content (AvgIpc) is 3.20. The van der Waals surface area contributed by atoms with Crippen molar-refractivity contribution in [2.45, 2.75) is 38.1 Å². The second-order valence-corrected chi connectivity index (χ2v) is 10.1. The molecule has 1 unspecified atom stereocenters. The van der Waals surface area contributed by atoms with Gasteiger partial charge < -0.3 is 9.15 Å². The molecule has 1 aliphatic heterocycles. The van der Waals surface area contributed by atoms with Crippen LogP contribution in [0.25, 0.3) is 0 Å². The first-order chi connectivity index (χ1) is 15.4. The van der Waals surface area contributed by atoms with Gasteiger partial charge in [0.25, 0.3) is 5.69 Å². The van der Waals surface area contributed by atoms with Gasteiger partial charge in [-0.05, 0) is 28.8 Å². The fourth-order valence-corrected chi connectivity index (χ4v) is 4.53. The van der Waals surface area contributed by atoms with Crippen LogP contribution < -0.4 is 15.3 Å². The molecule has 1 aliphatic rings. The summed E-state index contributed by atoms with van der Waals surface area (Å²) in [6, 6.07) is 13.8. The molecule has 0 aliphatic carbocycles. The summed E-state index contributed by atoms with van der Waals surface area (Å²) in [6.07, 6.45) is 1.32. The molecule has 4 rings (SSSR count). The molecule has 1 atom stereocenters. The minimum atomic E-state index is -2.75. The monoisotopic (exact) mass is 454 g/mol. The molecule has 0 bridgehead atoms. The highest BCUT2D eigenvalue weighted by Crippen LogP contribution is 2.25. The lowest BCUT2D eigenvalue weighted by Crippen LogP contribution is -2.55. The Morgan fingerprint density at radius 1 is 1.12 bits per heavy atom. The zero-order valence-electron chi connectivity index (χ0n) is 17.6. The van der Waals surface area contributed by atoms with Gasteiger partial charge in [0.15, 0.2) is 0 Å². The highest BCUT2D eigenvalue weighted by atomic mass is 32.2. The van der Waals surface area contributed by atoms with Gasteiger partial charge in [-0.15, -0.1) is 0 Å². The van der Waals surface area contributed by atoms with E-state index in [1.807, 2.05) is 17.3 Å². The van der Waals surface area contributed by atoms with Crippen molar-refractivity contribution in [2.75, 3.05) is 5.75 Å². The fourth-order valence-electron chi connectivity index (χ4n) is 3.62. The van der Waals surface area contributed by atoms with Gasteiger partial charge in [-0.3, -0.25) is 9.69 Å². The highest BCUT2D eigenvalue weighted by molar-refractivity contribution is 7.92. The molecule has 0 fully saturated rings. The third-order valence-electron chi connectivity index (χ3n) is 5.45. The van der Waals surface area contributed by atoms with E-state index >= 15 is 0 Å². The lowest BCUT2D eigenvalue weighted by atomic mass is 10.1. The van der Waals surface area contributed by atoms with Crippen LogP contribution in [-0.2, 0) is 36.0 Å². The molecule has 0 saturated carbocycles. The molecule has 166 valence electrons. The molecule has 32 heavy (non-hydrogen) atoms. The number of nitroso groups, excluding NO2 is 1. The van der Waals surface area contributed by atoms with E-state index in [4.69, 9.17) is 13.9 Å². The number of hydrogen-bond donors (Lipinski definition) is 2. The van der Waals surface area contributed by atoms with Crippen LogP contribution in [0.3, 0.4) is 0 Å². The van der Waals surface area contributed by atoms with E-state index in [2.05, 4.69) is 4.90 Å². The zero-order chi connectivity index (χ0) is 22.7. The van der Waals surface area contributed by atoms with Crippen molar-refractivity contribution in [1.29, 1.82) is 4.78 Å². The Kier molecular flexibility index (Phi) is 6.20. The highest BCUT2D eigenvalue weighted by Gasteiger charge is 2.21. The average molecular weight is 455 g/mol. The van der Waals surface area contributed by atoms with Crippen LogP contribution in [0.2, 0.25) is 0 Å². The smallest absolute Gasteiger partial charge is 0.253 e. The van der Waals surface area contributed by atoms with Crippen molar-refractivity contribution in [3.8, 4) is 5.75 Å². The molecule has 1 aromatic heterocycles. The van der Waals surface area contributed by atoms with Gasteiger partial charge in [-0.2, -0.15) is 0 Å². The SMILES string of the molecule is CCS(=N)(=O)c1ccc(COc2coc(CN3Cc4ccc([NH+]=O)cc4C3)cc2=O)cc1. The summed E-state index contributed by atoms with van der Waals surface area (Å²) in [5, 5.41) is 1.91. The molecule has 0 saturated heterocycles. The summed E-state index contributed by atoms with van der Waals surface area (Å²) >= 11 is 0. The van der Waals surface area contributed by atoms with E-state index in [0.717, 1.165) is 23.2 Å². The molecule has 8 nitrogen and oxygen atoms in total. The van der Waals surface area contributed by atoms with Crippen LogP contribution in [0.5, 0.6) is 5.75 Å². The summed E-state index contributed by atoms with van der Waals surface area (Å²) in [5.41, 5.74) is 3.30. The normalized spacial score (nSPS) is 15.2. The quantitative estimate of drug-likeness (QED) is 0.541. The minimum Gasteiger partial charge on any atom is -0.482 e. The van der Waals surface area contributed by atoms with E-state index in [1.165, 1.54) is 12.3 Å². The second-order valence-electron chi connectivity index (χ2n) is 7.70.